The van der Waals surface area contributed by atoms with Crippen LogP contribution in [0.1, 0.15) is 19.3 Å². The molecule has 0 aromatic heterocycles. The Morgan fingerprint density at radius 2 is 2.46 bits per heavy atom. The summed E-state index contributed by atoms with van der Waals surface area (Å²) < 4.78 is 0. The van der Waals surface area contributed by atoms with E-state index in [0.717, 1.165) is 12.5 Å². The van der Waals surface area contributed by atoms with Crippen molar-refractivity contribution in [3.8, 4) is 0 Å². The zero-order valence-corrected chi connectivity index (χ0v) is 7.66. The third kappa shape index (κ3) is 1.14. The molecule has 3 aliphatic rings. The summed E-state index contributed by atoms with van der Waals surface area (Å²) in [6.45, 7) is 1.16. The predicted molar refractivity (Wildman–Crippen MR) is 52.3 cm³/mol. The molecule has 3 heteroatoms. The second kappa shape index (κ2) is 2.76. The quantitative estimate of drug-likeness (QED) is 0.575. The monoisotopic (exact) mass is 177 g/mol. The van der Waals surface area contributed by atoms with Gasteiger partial charge in [0, 0.05) is 30.3 Å². The molecular weight excluding hydrogens is 162 g/mol. The Balaban J connectivity index is 1.86. The molecule has 1 saturated heterocycles. The SMILES string of the molecule is C1=NN[C@H]2C[C@H]3CCCNC3=C[C@H]12. The Morgan fingerprint density at radius 3 is 3.46 bits per heavy atom. The fourth-order valence-electron chi connectivity index (χ4n) is 2.62. The molecule has 0 bridgehead atoms. The molecule has 1 aliphatic carbocycles. The minimum atomic E-state index is 0.539. The molecule has 0 amide bonds. The van der Waals surface area contributed by atoms with Gasteiger partial charge in [-0.25, -0.2) is 0 Å². The van der Waals surface area contributed by atoms with Crippen molar-refractivity contribution in [1.29, 1.82) is 0 Å². The molecule has 0 saturated carbocycles. The molecular formula is C10H15N3. The largest absolute Gasteiger partial charge is 0.388 e. The van der Waals surface area contributed by atoms with Gasteiger partial charge in [-0.1, -0.05) is 6.08 Å². The van der Waals surface area contributed by atoms with Crippen LogP contribution in [0.2, 0.25) is 0 Å². The molecule has 70 valence electrons. The Bertz CT molecular complexity index is 269. The summed E-state index contributed by atoms with van der Waals surface area (Å²) in [7, 11) is 0. The highest BCUT2D eigenvalue weighted by Gasteiger charge is 2.33. The van der Waals surface area contributed by atoms with Crippen LogP contribution in [0, 0.1) is 11.8 Å². The Kier molecular flexibility index (Phi) is 1.57. The van der Waals surface area contributed by atoms with Gasteiger partial charge in [0.15, 0.2) is 0 Å². The summed E-state index contributed by atoms with van der Waals surface area (Å²) in [5.41, 5.74) is 4.66. The van der Waals surface area contributed by atoms with E-state index in [1.807, 2.05) is 6.21 Å². The van der Waals surface area contributed by atoms with Gasteiger partial charge >= 0.3 is 0 Å². The van der Waals surface area contributed by atoms with Crippen LogP contribution in [0.25, 0.3) is 0 Å². The van der Waals surface area contributed by atoms with Crippen molar-refractivity contribution in [1.82, 2.24) is 10.7 Å². The molecule has 3 rings (SSSR count). The zero-order chi connectivity index (χ0) is 8.67. The van der Waals surface area contributed by atoms with Gasteiger partial charge in [0.25, 0.3) is 0 Å². The van der Waals surface area contributed by atoms with Crippen molar-refractivity contribution >= 4 is 6.21 Å². The van der Waals surface area contributed by atoms with Crippen LogP contribution in [0.3, 0.4) is 0 Å². The summed E-state index contributed by atoms with van der Waals surface area (Å²) in [6, 6.07) is 0.577. The maximum Gasteiger partial charge on any atom is 0.0560 e. The van der Waals surface area contributed by atoms with E-state index in [2.05, 4.69) is 21.9 Å². The molecule has 0 aromatic rings. The van der Waals surface area contributed by atoms with E-state index >= 15 is 0 Å². The lowest BCUT2D eigenvalue weighted by molar-refractivity contribution is 0.330. The van der Waals surface area contributed by atoms with E-state index in [9.17, 15) is 0 Å². The standard InChI is InChI=1S/C10H15N3/c1-2-7-4-10-8(6-12-13-10)5-9(7)11-3-1/h5-8,10-11,13H,1-4H2/t7-,8-,10+/m1/s1. The second-order valence-electron chi connectivity index (χ2n) is 4.21. The highest BCUT2D eigenvalue weighted by molar-refractivity contribution is 5.67. The zero-order valence-electron chi connectivity index (χ0n) is 7.66. The average Bonchev–Trinajstić information content (AvgIpc) is 2.61. The third-order valence-electron chi connectivity index (χ3n) is 3.36. The summed E-state index contributed by atoms with van der Waals surface area (Å²) in [4.78, 5) is 0. The molecule has 2 heterocycles. The molecule has 2 aliphatic heterocycles. The number of nitrogens with zero attached hydrogens (tertiary/aromatic N) is 1. The lowest BCUT2D eigenvalue weighted by atomic mass is 9.79. The first-order valence-corrected chi connectivity index (χ1v) is 5.18. The highest BCUT2D eigenvalue weighted by Crippen LogP contribution is 2.33. The number of hydrazone groups is 1. The van der Waals surface area contributed by atoms with Crippen molar-refractivity contribution in [2.75, 3.05) is 6.54 Å². The number of rotatable bonds is 0. The topological polar surface area (TPSA) is 36.4 Å². The van der Waals surface area contributed by atoms with Crippen LogP contribution in [0.4, 0.5) is 0 Å². The molecule has 3 nitrogen and oxygen atoms in total. The van der Waals surface area contributed by atoms with E-state index in [1.165, 1.54) is 25.0 Å². The van der Waals surface area contributed by atoms with Gasteiger partial charge in [-0.2, -0.15) is 5.10 Å². The van der Waals surface area contributed by atoms with E-state index in [-0.39, 0.29) is 0 Å². The molecule has 0 aromatic carbocycles. The van der Waals surface area contributed by atoms with Gasteiger partial charge in [-0.05, 0) is 19.3 Å². The van der Waals surface area contributed by atoms with E-state index in [1.54, 1.807) is 0 Å². The maximum absolute atomic E-state index is 4.14. The van der Waals surface area contributed by atoms with Crippen molar-refractivity contribution in [3.63, 3.8) is 0 Å². The van der Waals surface area contributed by atoms with Crippen molar-refractivity contribution in [2.45, 2.75) is 25.3 Å². The predicted octanol–water partition coefficient (Wildman–Crippen LogP) is 0.847. The molecule has 0 spiro atoms. The Labute approximate surface area is 78.3 Å². The van der Waals surface area contributed by atoms with Gasteiger partial charge in [0.2, 0.25) is 0 Å². The molecule has 0 unspecified atom stereocenters. The van der Waals surface area contributed by atoms with Crippen molar-refractivity contribution in [2.24, 2.45) is 16.9 Å². The van der Waals surface area contributed by atoms with Crippen molar-refractivity contribution in [3.05, 3.63) is 11.8 Å². The van der Waals surface area contributed by atoms with Gasteiger partial charge in [-0.3, -0.25) is 0 Å². The molecule has 13 heavy (non-hydrogen) atoms. The van der Waals surface area contributed by atoms with Crippen molar-refractivity contribution < 1.29 is 0 Å². The average molecular weight is 177 g/mol. The molecule has 3 atom stereocenters. The first kappa shape index (κ1) is 7.42. The summed E-state index contributed by atoms with van der Waals surface area (Å²) in [5, 5.41) is 7.64. The number of hydrogen-bond donors (Lipinski definition) is 2. The summed E-state index contributed by atoms with van der Waals surface area (Å²) >= 11 is 0. The third-order valence-corrected chi connectivity index (χ3v) is 3.36. The first-order valence-electron chi connectivity index (χ1n) is 5.18. The maximum atomic E-state index is 4.14. The molecule has 2 N–H and O–H groups in total. The van der Waals surface area contributed by atoms with Gasteiger partial charge < -0.3 is 10.7 Å². The van der Waals surface area contributed by atoms with Crippen LogP contribution in [-0.2, 0) is 0 Å². The first-order chi connectivity index (χ1) is 6.43. The second-order valence-corrected chi connectivity index (χ2v) is 4.21. The van der Waals surface area contributed by atoms with E-state index in [4.69, 9.17) is 0 Å². The normalized spacial score (nSPS) is 41.2. The Hall–Kier alpha value is -0.990. The van der Waals surface area contributed by atoms with Crippen LogP contribution < -0.4 is 10.7 Å². The van der Waals surface area contributed by atoms with Gasteiger partial charge in [-0.15, -0.1) is 0 Å². The lowest BCUT2D eigenvalue weighted by Gasteiger charge is -2.34. The summed E-state index contributed by atoms with van der Waals surface area (Å²) in [5.74, 6) is 1.31. The van der Waals surface area contributed by atoms with Gasteiger partial charge in [0.05, 0.1) is 6.04 Å². The number of hydrogen-bond acceptors (Lipinski definition) is 3. The number of fused-ring (bicyclic) bond motifs is 2. The molecule has 0 radical (unpaired) electrons. The smallest absolute Gasteiger partial charge is 0.0560 e. The number of allylic oxidation sites excluding steroid dienone is 1. The number of piperidine rings is 1. The number of nitrogens with one attached hydrogen (secondary N) is 2. The lowest BCUT2D eigenvalue weighted by Crippen LogP contribution is -2.39. The minimum Gasteiger partial charge on any atom is -0.388 e. The molecule has 1 fully saturated rings. The van der Waals surface area contributed by atoms with Gasteiger partial charge in [0.1, 0.15) is 0 Å². The fourth-order valence-corrected chi connectivity index (χ4v) is 2.62. The van der Waals surface area contributed by atoms with E-state index in [0.29, 0.717) is 12.0 Å². The van der Waals surface area contributed by atoms with E-state index < -0.39 is 0 Å². The summed E-state index contributed by atoms with van der Waals surface area (Å²) in [6.07, 6.45) is 8.32. The fraction of sp³-hybridized carbons (Fsp3) is 0.700. The van der Waals surface area contributed by atoms with Crippen LogP contribution >= 0.6 is 0 Å². The van der Waals surface area contributed by atoms with Crippen LogP contribution in [0.5, 0.6) is 0 Å². The highest BCUT2D eigenvalue weighted by atomic mass is 15.3. The van der Waals surface area contributed by atoms with Crippen LogP contribution in [0.15, 0.2) is 16.9 Å². The Morgan fingerprint density at radius 1 is 1.46 bits per heavy atom. The minimum absolute atomic E-state index is 0.539. The van der Waals surface area contributed by atoms with Crippen LogP contribution in [-0.4, -0.2) is 18.8 Å².